The Balaban J connectivity index is 2.32. The molecule has 0 saturated carbocycles. The van der Waals surface area contributed by atoms with E-state index in [2.05, 4.69) is 15.3 Å². The Bertz CT molecular complexity index is 667. The maximum atomic E-state index is 12.2. The van der Waals surface area contributed by atoms with Crippen molar-refractivity contribution in [1.29, 1.82) is 0 Å². The van der Waals surface area contributed by atoms with Crippen molar-refractivity contribution in [1.82, 2.24) is 15.3 Å². The number of rotatable bonds is 6. The molecule has 2 aromatic rings. The second kappa shape index (κ2) is 7.44. The van der Waals surface area contributed by atoms with E-state index in [1.165, 1.54) is 20.3 Å². The van der Waals surface area contributed by atoms with Gasteiger partial charge in [0, 0.05) is 6.04 Å². The Morgan fingerprint density at radius 1 is 1.09 bits per heavy atom. The fraction of sp³-hybridized carbons (Fsp3) is 0.312. The van der Waals surface area contributed by atoms with E-state index >= 15 is 0 Å². The van der Waals surface area contributed by atoms with E-state index in [9.17, 15) is 4.79 Å². The molecule has 122 valence electrons. The average Bonchev–Trinajstić information content (AvgIpc) is 2.54. The van der Waals surface area contributed by atoms with Crippen LogP contribution in [0.15, 0.2) is 30.3 Å². The zero-order valence-corrected chi connectivity index (χ0v) is 13.5. The second-order valence-corrected chi connectivity index (χ2v) is 4.96. The number of benzene rings is 1. The van der Waals surface area contributed by atoms with Crippen LogP contribution >= 0.6 is 0 Å². The molecule has 0 radical (unpaired) electrons. The molecule has 0 atom stereocenters. The fourth-order valence-electron chi connectivity index (χ4n) is 1.83. The molecular formula is C16H19N3O4. The van der Waals surface area contributed by atoms with Crippen molar-refractivity contribution in [2.45, 2.75) is 19.9 Å². The minimum Gasteiger partial charge on any atom is -0.481 e. The van der Waals surface area contributed by atoms with Crippen LogP contribution in [0.1, 0.15) is 24.2 Å². The molecule has 0 unspecified atom stereocenters. The topological polar surface area (TPSA) is 82.6 Å². The van der Waals surface area contributed by atoms with Gasteiger partial charge >= 0.3 is 6.01 Å². The summed E-state index contributed by atoms with van der Waals surface area (Å²) >= 11 is 0. The highest BCUT2D eigenvalue weighted by Gasteiger charge is 2.15. The number of ether oxygens (including phenoxy) is 3. The first-order valence-corrected chi connectivity index (χ1v) is 7.08. The van der Waals surface area contributed by atoms with Crippen molar-refractivity contribution in [3.8, 4) is 23.5 Å². The Labute approximate surface area is 134 Å². The molecule has 0 aliphatic carbocycles. The van der Waals surface area contributed by atoms with Crippen LogP contribution in [0.2, 0.25) is 0 Å². The molecule has 1 amide bonds. The first-order valence-electron chi connectivity index (χ1n) is 7.08. The van der Waals surface area contributed by atoms with Crippen LogP contribution in [0.3, 0.4) is 0 Å². The van der Waals surface area contributed by atoms with Gasteiger partial charge in [-0.05, 0) is 26.0 Å². The van der Waals surface area contributed by atoms with Gasteiger partial charge in [0.1, 0.15) is 5.75 Å². The summed E-state index contributed by atoms with van der Waals surface area (Å²) < 4.78 is 15.8. The van der Waals surface area contributed by atoms with Crippen LogP contribution < -0.4 is 19.5 Å². The minimum atomic E-state index is -0.219. The second-order valence-electron chi connectivity index (χ2n) is 4.96. The summed E-state index contributed by atoms with van der Waals surface area (Å²) in [4.78, 5) is 20.3. The summed E-state index contributed by atoms with van der Waals surface area (Å²) in [5.41, 5.74) is 0.415. The SMILES string of the molecule is COc1cc(Oc2ccccc2C(=O)NC(C)C)nc(OC)n1. The number of nitrogens with one attached hydrogen (secondary N) is 1. The third-order valence-corrected chi connectivity index (χ3v) is 2.82. The zero-order chi connectivity index (χ0) is 16.8. The monoisotopic (exact) mass is 317 g/mol. The van der Waals surface area contributed by atoms with Crippen LogP contribution in [0, 0.1) is 0 Å². The Morgan fingerprint density at radius 3 is 2.43 bits per heavy atom. The number of nitrogens with zero attached hydrogens (tertiary/aromatic N) is 2. The maximum absolute atomic E-state index is 12.2. The highest BCUT2D eigenvalue weighted by Crippen LogP contribution is 2.27. The van der Waals surface area contributed by atoms with Gasteiger partial charge in [0.25, 0.3) is 5.91 Å². The number of hydrogen-bond donors (Lipinski definition) is 1. The maximum Gasteiger partial charge on any atom is 0.322 e. The summed E-state index contributed by atoms with van der Waals surface area (Å²) in [6.07, 6.45) is 0. The summed E-state index contributed by atoms with van der Waals surface area (Å²) in [5, 5.41) is 2.83. The highest BCUT2D eigenvalue weighted by atomic mass is 16.5. The largest absolute Gasteiger partial charge is 0.481 e. The van der Waals surface area contributed by atoms with Crippen LogP contribution in [-0.2, 0) is 0 Å². The molecule has 0 bridgehead atoms. The standard InChI is InChI=1S/C16H19N3O4/c1-10(2)17-15(20)11-7-5-6-8-12(11)23-14-9-13(21-3)18-16(19-14)22-4/h5-10H,1-4H3,(H,17,20). The molecular weight excluding hydrogens is 298 g/mol. The van der Waals surface area contributed by atoms with Gasteiger partial charge in [-0.3, -0.25) is 4.79 Å². The van der Waals surface area contributed by atoms with Crippen molar-refractivity contribution in [3.05, 3.63) is 35.9 Å². The third-order valence-electron chi connectivity index (χ3n) is 2.82. The molecule has 2 rings (SSSR count). The molecule has 1 aromatic heterocycles. The number of carbonyl (C=O) groups is 1. The van der Waals surface area contributed by atoms with E-state index in [0.717, 1.165) is 0 Å². The van der Waals surface area contributed by atoms with E-state index in [1.807, 2.05) is 13.8 Å². The predicted molar refractivity (Wildman–Crippen MR) is 84.3 cm³/mol. The smallest absolute Gasteiger partial charge is 0.322 e. The molecule has 1 aromatic carbocycles. The van der Waals surface area contributed by atoms with Gasteiger partial charge in [-0.15, -0.1) is 0 Å². The lowest BCUT2D eigenvalue weighted by molar-refractivity contribution is 0.0941. The molecule has 0 fully saturated rings. The van der Waals surface area contributed by atoms with Crippen molar-refractivity contribution < 1.29 is 19.0 Å². The van der Waals surface area contributed by atoms with Crippen molar-refractivity contribution >= 4 is 5.91 Å². The Hall–Kier alpha value is -2.83. The van der Waals surface area contributed by atoms with Crippen molar-refractivity contribution in [2.24, 2.45) is 0 Å². The summed E-state index contributed by atoms with van der Waals surface area (Å²) in [6.45, 7) is 3.78. The summed E-state index contributed by atoms with van der Waals surface area (Å²) in [5.74, 6) is 0.687. The first kappa shape index (κ1) is 16.5. The number of methoxy groups -OCH3 is 2. The summed E-state index contributed by atoms with van der Waals surface area (Å²) in [7, 11) is 2.93. The zero-order valence-electron chi connectivity index (χ0n) is 13.5. The predicted octanol–water partition coefficient (Wildman–Crippen LogP) is 2.42. The van der Waals surface area contributed by atoms with E-state index in [1.54, 1.807) is 24.3 Å². The van der Waals surface area contributed by atoms with Gasteiger partial charge in [0.15, 0.2) is 0 Å². The minimum absolute atomic E-state index is 0.0230. The lowest BCUT2D eigenvalue weighted by Gasteiger charge is -2.13. The number of amides is 1. The molecule has 0 aliphatic heterocycles. The number of aromatic nitrogens is 2. The molecule has 1 heterocycles. The molecule has 0 saturated heterocycles. The van der Waals surface area contributed by atoms with E-state index in [-0.39, 0.29) is 23.8 Å². The molecule has 0 aliphatic rings. The number of hydrogen-bond acceptors (Lipinski definition) is 6. The quantitative estimate of drug-likeness (QED) is 0.881. The number of carbonyl (C=O) groups excluding carboxylic acids is 1. The molecule has 0 spiro atoms. The number of para-hydroxylation sites is 1. The molecule has 23 heavy (non-hydrogen) atoms. The lowest BCUT2D eigenvalue weighted by atomic mass is 10.2. The van der Waals surface area contributed by atoms with Gasteiger partial charge in [0.05, 0.1) is 25.8 Å². The van der Waals surface area contributed by atoms with Gasteiger partial charge in [0.2, 0.25) is 11.8 Å². The van der Waals surface area contributed by atoms with Gasteiger partial charge in [-0.2, -0.15) is 9.97 Å². The summed E-state index contributed by atoms with van der Waals surface area (Å²) in [6, 6.07) is 8.57. The average molecular weight is 317 g/mol. The lowest BCUT2D eigenvalue weighted by Crippen LogP contribution is -2.30. The van der Waals surface area contributed by atoms with E-state index < -0.39 is 0 Å². The van der Waals surface area contributed by atoms with Crippen LogP contribution in [0.4, 0.5) is 0 Å². The first-order chi connectivity index (χ1) is 11.0. The van der Waals surface area contributed by atoms with Gasteiger partial charge < -0.3 is 19.5 Å². The van der Waals surface area contributed by atoms with E-state index in [4.69, 9.17) is 14.2 Å². The van der Waals surface area contributed by atoms with Crippen LogP contribution in [0.5, 0.6) is 23.5 Å². The van der Waals surface area contributed by atoms with Crippen LogP contribution in [-0.4, -0.2) is 36.1 Å². The highest BCUT2D eigenvalue weighted by molar-refractivity contribution is 5.97. The molecule has 1 N–H and O–H groups in total. The van der Waals surface area contributed by atoms with Crippen molar-refractivity contribution in [3.63, 3.8) is 0 Å². The third kappa shape index (κ3) is 4.32. The fourth-order valence-corrected chi connectivity index (χ4v) is 1.83. The van der Waals surface area contributed by atoms with Gasteiger partial charge in [-0.25, -0.2) is 0 Å². The van der Waals surface area contributed by atoms with Gasteiger partial charge in [-0.1, -0.05) is 12.1 Å². The van der Waals surface area contributed by atoms with Crippen LogP contribution in [0.25, 0.3) is 0 Å². The molecule has 7 nitrogen and oxygen atoms in total. The Morgan fingerprint density at radius 2 is 1.78 bits per heavy atom. The Kier molecular flexibility index (Phi) is 5.35. The van der Waals surface area contributed by atoms with E-state index in [0.29, 0.717) is 17.2 Å². The van der Waals surface area contributed by atoms with Crippen molar-refractivity contribution in [2.75, 3.05) is 14.2 Å². The normalized spacial score (nSPS) is 10.3. The molecule has 7 heteroatoms.